The van der Waals surface area contributed by atoms with E-state index in [-0.39, 0.29) is 0 Å². The van der Waals surface area contributed by atoms with E-state index in [2.05, 4.69) is 15.4 Å². The van der Waals surface area contributed by atoms with Crippen molar-refractivity contribution in [2.75, 3.05) is 7.11 Å². The van der Waals surface area contributed by atoms with Crippen LogP contribution in [0.25, 0.3) is 10.9 Å². The first-order valence-electron chi connectivity index (χ1n) is 5.76. The van der Waals surface area contributed by atoms with Crippen LogP contribution in [0.3, 0.4) is 0 Å². The molecule has 0 radical (unpaired) electrons. The average molecular weight is 253 g/mol. The molecule has 5 nitrogen and oxygen atoms in total. The van der Waals surface area contributed by atoms with E-state index in [0.29, 0.717) is 11.4 Å². The van der Waals surface area contributed by atoms with Crippen molar-refractivity contribution >= 4 is 22.3 Å². The maximum Gasteiger partial charge on any atom is 0.147 e. The number of rotatable bonds is 3. The number of nitrogens with zero attached hydrogens (tertiary/aromatic N) is 3. The summed E-state index contributed by atoms with van der Waals surface area (Å²) in [6.45, 7) is 0. The normalized spacial score (nSPS) is 11.2. The smallest absolute Gasteiger partial charge is 0.147 e. The summed E-state index contributed by atoms with van der Waals surface area (Å²) in [6.07, 6.45) is 1.54. The van der Waals surface area contributed by atoms with Crippen molar-refractivity contribution in [2.45, 2.75) is 0 Å². The number of ether oxygens (including phenoxy) is 1. The third-order valence-electron chi connectivity index (χ3n) is 2.72. The Bertz CT molecular complexity index is 720. The molecule has 1 heterocycles. The molecular weight excluding hydrogens is 242 g/mol. The van der Waals surface area contributed by atoms with Gasteiger partial charge in [-0.05, 0) is 24.3 Å². The maximum atomic E-state index is 5.29. The minimum Gasteiger partial charge on any atom is -0.494 e. The molecule has 2 aromatic carbocycles. The highest BCUT2D eigenvalue weighted by atomic mass is 16.5. The van der Waals surface area contributed by atoms with Gasteiger partial charge in [0, 0.05) is 0 Å². The molecule has 0 aliphatic heterocycles. The van der Waals surface area contributed by atoms with E-state index in [4.69, 9.17) is 9.26 Å². The molecule has 0 amide bonds. The van der Waals surface area contributed by atoms with E-state index >= 15 is 0 Å². The molecule has 0 unspecified atom stereocenters. The highest BCUT2D eigenvalue weighted by Crippen LogP contribution is 2.36. The molecule has 94 valence electrons. The van der Waals surface area contributed by atoms with Crippen LogP contribution >= 0.6 is 0 Å². The summed E-state index contributed by atoms with van der Waals surface area (Å²) < 4.78 is 10.2. The van der Waals surface area contributed by atoms with Gasteiger partial charge < -0.3 is 9.26 Å². The topological polar surface area (TPSA) is 60.0 Å². The minimum atomic E-state index is 0.616. The number of benzene rings is 2. The Balaban J connectivity index is 2.08. The first-order chi connectivity index (χ1) is 9.38. The monoisotopic (exact) mass is 253 g/mol. The Morgan fingerprint density at radius 3 is 2.68 bits per heavy atom. The maximum absolute atomic E-state index is 5.29. The van der Waals surface area contributed by atoms with Gasteiger partial charge in [-0.3, -0.25) is 0 Å². The second-order valence-corrected chi connectivity index (χ2v) is 3.90. The molecule has 0 bridgehead atoms. The van der Waals surface area contributed by atoms with Crippen LogP contribution in [0.5, 0.6) is 5.75 Å². The van der Waals surface area contributed by atoms with Gasteiger partial charge in [0.05, 0.1) is 18.2 Å². The van der Waals surface area contributed by atoms with Gasteiger partial charge in [0.25, 0.3) is 0 Å². The van der Waals surface area contributed by atoms with E-state index in [1.54, 1.807) is 13.2 Å². The Labute approximate surface area is 109 Å². The van der Waals surface area contributed by atoms with Crippen LogP contribution < -0.4 is 4.74 Å². The van der Waals surface area contributed by atoms with Gasteiger partial charge in [0.1, 0.15) is 23.2 Å². The standard InChI is InChI=1S/C14H11N3O2/c1-18-13-8-7-12-11(9-19-17-12)14(13)16-15-10-5-3-2-4-6-10/h2-9H,1H3. The fraction of sp³-hybridized carbons (Fsp3) is 0.0714. The Morgan fingerprint density at radius 2 is 1.89 bits per heavy atom. The third kappa shape index (κ3) is 2.18. The predicted molar refractivity (Wildman–Crippen MR) is 71.2 cm³/mol. The van der Waals surface area contributed by atoms with E-state index in [1.807, 2.05) is 36.4 Å². The Morgan fingerprint density at radius 1 is 1.05 bits per heavy atom. The zero-order chi connectivity index (χ0) is 13.1. The minimum absolute atomic E-state index is 0.616. The highest BCUT2D eigenvalue weighted by molar-refractivity contribution is 5.92. The van der Waals surface area contributed by atoms with E-state index < -0.39 is 0 Å². The van der Waals surface area contributed by atoms with Crippen molar-refractivity contribution in [3.63, 3.8) is 0 Å². The van der Waals surface area contributed by atoms with Crippen LogP contribution in [0.2, 0.25) is 0 Å². The fourth-order valence-corrected chi connectivity index (χ4v) is 1.78. The summed E-state index contributed by atoms with van der Waals surface area (Å²) in [4.78, 5) is 0. The molecule has 1 aromatic heterocycles. The SMILES string of the molecule is COc1ccc2nocc2c1N=Nc1ccccc1. The quantitative estimate of drug-likeness (QED) is 0.655. The Hall–Kier alpha value is -2.69. The van der Waals surface area contributed by atoms with Gasteiger partial charge in [0.15, 0.2) is 0 Å². The van der Waals surface area contributed by atoms with E-state index in [1.165, 1.54) is 6.26 Å². The zero-order valence-electron chi connectivity index (χ0n) is 10.3. The molecular formula is C14H11N3O2. The van der Waals surface area contributed by atoms with Gasteiger partial charge in [-0.2, -0.15) is 5.11 Å². The molecule has 19 heavy (non-hydrogen) atoms. The summed E-state index contributed by atoms with van der Waals surface area (Å²) in [7, 11) is 1.59. The number of azo groups is 1. The summed E-state index contributed by atoms with van der Waals surface area (Å²) >= 11 is 0. The molecule has 0 aliphatic carbocycles. The highest BCUT2D eigenvalue weighted by Gasteiger charge is 2.10. The molecule has 0 spiro atoms. The molecule has 0 N–H and O–H groups in total. The molecule has 0 saturated carbocycles. The number of methoxy groups -OCH3 is 1. The van der Waals surface area contributed by atoms with Crippen molar-refractivity contribution in [1.82, 2.24) is 5.16 Å². The third-order valence-corrected chi connectivity index (χ3v) is 2.72. The van der Waals surface area contributed by atoms with Crippen LogP contribution in [0, 0.1) is 0 Å². The number of hydrogen-bond acceptors (Lipinski definition) is 5. The van der Waals surface area contributed by atoms with Crippen molar-refractivity contribution in [3.05, 3.63) is 48.7 Å². The average Bonchev–Trinajstić information content (AvgIpc) is 2.94. The lowest BCUT2D eigenvalue weighted by molar-refractivity contribution is 0.416. The first kappa shape index (κ1) is 11.4. The summed E-state index contributed by atoms with van der Waals surface area (Å²) in [5.41, 5.74) is 2.12. The largest absolute Gasteiger partial charge is 0.494 e. The second kappa shape index (κ2) is 4.89. The van der Waals surface area contributed by atoms with Crippen molar-refractivity contribution in [1.29, 1.82) is 0 Å². The lowest BCUT2D eigenvalue weighted by Crippen LogP contribution is -1.83. The number of fused-ring (bicyclic) bond motifs is 1. The molecule has 0 atom stereocenters. The molecule has 0 aliphatic rings. The summed E-state index contributed by atoms with van der Waals surface area (Å²) in [6, 6.07) is 13.1. The van der Waals surface area contributed by atoms with Gasteiger partial charge in [-0.25, -0.2) is 0 Å². The van der Waals surface area contributed by atoms with Gasteiger partial charge >= 0.3 is 0 Å². The number of aromatic nitrogens is 1. The molecule has 0 saturated heterocycles. The van der Waals surface area contributed by atoms with Gasteiger partial charge in [0.2, 0.25) is 0 Å². The van der Waals surface area contributed by atoms with E-state index in [9.17, 15) is 0 Å². The van der Waals surface area contributed by atoms with Crippen LogP contribution in [-0.2, 0) is 0 Å². The van der Waals surface area contributed by atoms with Gasteiger partial charge in [-0.15, -0.1) is 5.11 Å². The predicted octanol–water partition coefficient (Wildman–Crippen LogP) is 4.25. The van der Waals surface area contributed by atoms with Crippen LogP contribution in [0.1, 0.15) is 0 Å². The summed E-state index contributed by atoms with van der Waals surface area (Å²) in [5, 5.41) is 13.1. The lowest BCUT2D eigenvalue weighted by atomic mass is 10.2. The van der Waals surface area contributed by atoms with Gasteiger partial charge in [-0.1, -0.05) is 23.4 Å². The lowest BCUT2D eigenvalue weighted by Gasteiger charge is -2.03. The fourth-order valence-electron chi connectivity index (χ4n) is 1.78. The zero-order valence-corrected chi connectivity index (χ0v) is 10.3. The van der Waals surface area contributed by atoms with Crippen molar-refractivity contribution < 1.29 is 9.26 Å². The van der Waals surface area contributed by atoms with Crippen molar-refractivity contribution in [3.8, 4) is 5.75 Å². The van der Waals surface area contributed by atoms with Crippen LogP contribution in [0.4, 0.5) is 11.4 Å². The van der Waals surface area contributed by atoms with Crippen LogP contribution in [0.15, 0.2) is 63.5 Å². The molecule has 3 rings (SSSR count). The Kier molecular flexibility index (Phi) is 2.94. The van der Waals surface area contributed by atoms with Crippen molar-refractivity contribution in [2.24, 2.45) is 10.2 Å². The summed E-state index contributed by atoms with van der Waals surface area (Å²) in [5.74, 6) is 0.635. The van der Waals surface area contributed by atoms with Crippen LogP contribution in [-0.4, -0.2) is 12.3 Å². The van der Waals surface area contributed by atoms with E-state index in [0.717, 1.165) is 16.6 Å². The first-order valence-corrected chi connectivity index (χ1v) is 5.76. The molecule has 0 fully saturated rings. The second-order valence-electron chi connectivity index (χ2n) is 3.90. The number of hydrogen-bond donors (Lipinski definition) is 0. The molecule has 5 heteroatoms. The molecule has 3 aromatic rings.